The van der Waals surface area contributed by atoms with Gasteiger partial charge in [0, 0.05) is 12.6 Å². The van der Waals surface area contributed by atoms with Crippen LogP contribution in [0.2, 0.25) is 0 Å². The molecule has 1 fully saturated rings. The van der Waals surface area contributed by atoms with E-state index in [2.05, 4.69) is 22.6 Å². The number of hydrogen-bond donors (Lipinski definition) is 1. The number of imidazole rings is 1. The average molecular weight is 262 g/mol. The second kappa shape index (κ2) is 5.63. The molecule has 19 heavy (non-hydrogen) atoms. The van der Waals surface area contributed by atoms with Crippen molar-refractivity contribution < 1.29 is 0 Å². The highest BCUT2D eigenvalue weighted by atomic mass is 15.2. The lowest BCUT2D eigenvalue weighted by molar-refractivity contribution is 0.191. The van der Waals surface area contributed by atoms with Gasteiger partial charge in [0.05, 0.1) is 11.9 Å². The van der Waals surface area contributed by atoms with Crippen LogP contribution in [0.5, 0.6) is 0 Å². The van der Waals surface area contributed by atoms with E-state index in [-0.39, 0.29) is 6.17 Å². The Bertz CT molecular complexity index is 418. The fourth-order valence-corrected chi connectivity index (χ4v) is 3.47. The van der Waals surface area contributed by atoms with Gasteiger partial charge in [-0.25, -0.2) is 4.98 Å². The summed E-state index contributed by atoms with van der Waals surface area (Å²) in [5.41, 5.74) is 7.41. The minimum Gasteiger partial charge on any atom is -0.319 e. The van der Waals surface area contributed by atoms with E-state index in [1.54, 1.807) is 0 Å². The summed E-state index contributed by atoms with van der Waals surface area (Å²) in [7, 11) is 0. The molecular weight excluding hydrogens is 236 g/mol. The molecule has 1 aromatic rings. The fourth-order valence-electron chi connectivity index (χ4n) is 3.47. The maximum atomic E-state index is 6.15. The van der Waals surface area contributed by atoms with Gasteiger partial charge in [-0.1, -0.05) is 6.92 Å². The Labute approximate surface area is 116 Å². The molecule has 0 radical (unpaired) electrons. The SMILES string of the molecule is CCN1CCC(Cc2cn3c(n2)CCCC3N)CC1. The molecule has 4 nitrogen and oxygen atoms in total. The van der Waals surface area contributed by atoms with Crippen LogP contribution in [0.1, 0.15) is 50.3 Å². The predicted molar refractivity (Wildman–Crippen MR) is 76.9 cm³/mol. The van der Waals surface area contributed by atoms with E-state index < -0.39 is 0 Å². The number of likely N-dealkylation sites (tertiary alicyclic amines) is 1. The zero-order valence-corrected chi connectivity index (χ0v) is 12.0. The lowest BCUT2D eigenvalue weighted by Crippen LogP contribution is -2.34. The molecule has 106 valence electrons. The number of aryl methyl sites for hydroxylation is 1. The lowest BCUT2D eigenvalue weighted by Gasteiger charge is -2.30. The van der Waals surface area contributed by atoms with Gasteiger partial charge in [0.25, 0.3) is 0 Å². The van der Waals surface area contributed by atoms with Crippen molar-refractivity contribution in [2.24, 2.45) is 11.7 Å². The first-order valence-corrected chi connectivity index (χ1v) is 7.81. The smallest absolute Gasteiger partial charge is 0.110 e. The molecule has 3 heterocycles. The lowest BCUT2D eigenvalue weighted by atomic mass is 9.92. The molecule has 1 saturated heterocycles. The van der Waals surface area contributed by atoms with Gasteiger partial charge in [-0.05, 0) is 57.7 Å². The highest BCUT2D eigenvalue weighted by Gasteiger charge is 2.22. The molecule has 4 heteroatoms. The first kappa shape index (κ1) is 13.1. The Kier molecular flexibility index (Phi) is 3.89. The molecule has 2 N–H and O–H groups in total. The maximum absolute atomic E-state index is 6.15. The van der Waals surface area contributed by atoms with Crippen LogP contribution < -0.4 is 5.73 Å². The summed E-state index contributed by atoms with van der Waals surface area (Å²) in [5.74, 6) is 2.02. The summed E-state index contributed by atoms with van der Waals surface area (Å²) < 4.78 is 2.21. The molecule has 2 aliphatic heterocycles. The van der Waals surface area contributed by atoms with E-state index in [4.69, 9.17) is 10.7 Å². The van der Waals surface area contributed by atoms with Crippen molar-refractivity contribution in [2.45, 2.75) is 51.6 Å². The highest BCUT2D eigenvalue weighted by Crippen LogP contribution is 2.25. The Morgan fingerprint density at radius 1 is 1.32 bits per heavy atom. The standard InChI is InChI=1S/C15H26N4/c1-2-18-8-6-12(7-9-18)10-13-11-19-14(16)4-3-5-15(19)17-13/h11-12,14H,2-10,16H2,1H3. The Morgan fingerprint density at radius 3 is 2.79 bits per heavy atom. The van der Waals surface area contributed by atoms with Crippen molar-refractivity contribution in [3.63, 3.8) is 0 Å². The summed E-state index contributed by atoms with van der Waals surface area (Å²) in [4.78, 5) is 7.35. The van der Waals surface area contributed by atoms with Gasteiger partial charge >= 0.3 is 0 Å². The van der Waals surface area contributed by atoms with E-state index in [1.165, 1.54) is 50.4 Å². The first-order chi connectivity index (χ1) is 9.26. The Hall–Kier alpha value is -0.870. The topological polar surface area (TPSA) is 47.1 Å². The molecule has 0 spiro atoms. The van der Waals surface area contributed by atoms with E-state index in [0.717, 1.165) is 25.2 Å². The Morgan fingerprint density at radius 2 is 2.11 bits per heavy atom. The summed E-state index contributed by atoms with van der Waals surface area (Å²) in [6, 6.07) is 0. The van der Waals surface area contributed by atoms with Crippen molar-refractivity contribution in [3.05, 3.63) is 17.7 Å². The number of aromatic nitrogens is 2. The number of hydrogen-bond acceptors (Lipinski definition) is 3. The number of nitrogens with zero attached hydrogens (tertiary/aromatic N) is 3. The van der Waals surface area contributed by atoms with E-state index in [9.17, 15) is 0 Å². The molecule has 0 bridgehead atoms. The monoisotopic (exact) mass is 262 g/mol. The second-order valence-corrected chi connectivity index (χ2v) is 6.10. The van der Waals surface area contributed by atoms with Gasteiger partial charge in [-0.15, -0.1) is 0 Å². The van der Waals surface area contributed by atoms with Gasteiger partial charge in [0.15, 0.2) is 0 Å². The number of fused-ring (bicyclic) bond motifs is 1. The van der Waals surface area contributed by atoms with Crippen LogP contribution in [0.15, 0.2) is 6.20 Å². The molecule has 0 saturated carbocycles. The molecular formula is C15H26N4. The predicted octanol–water partition coefficient (Wildman–Crippen LogP) is 1.95. The summed E-state index contributed by atoms with van der Waals surface area (Å²) in [6.45, 7) is 5.97. The van der Waals surface area contributed by atoms with Crippen LogP contribution >= 0.6 is 0 Å². The van der Waals surface area contributed by atoms with E-state index in [0.29, 0.717) is 0 Å². The zero-order valence-electron chi connectivity index (χ0n) is 12.0. The summed E-state index contributed by atoms with van der Waals surface area (Å²) in [5, 5.41) is 0. The van der Waals surface area contributed by atoms with Gasteiger partial charge < -0.3 is 15.2 Å². The summed E-state index contributed by atoms with van der Waals surface area (Å²) in [6.07, 6.45) is 9.54. The van der Waals surface area contributed by atoms with Crippen LogP contribution in [-0.2, 0) is 12.8 Å². The van der Waals surface area contributed by atoms with Gasteiger partial charge in [0.2, 0.25) is 0 Å². The van der Waals surface area contributed by atoms with E-state index >= 15 is 0 Å². The third kappa shape index (κ3) is 2.84. The second-order valence-electron chi connectivity index (χ2n) is 6.10. The molecule has 0 aliphatic carbocycles. The largest absolute Gasteiger partial charge is 0.319 e. The molecule has 1 atom stereocenters. The number of piperidine rings is 1. The van der Waals surface area contributed by atoms with Gasteiger partial charge in [-0.3, -0.25) is 0 Å². The average Bonchev–Trinajstić information content (AvgIpc) is 2.84. The van der Waals surface area contributed by atoms with Crippen molar-refractivity contribution in [3.8, 4) is 0 Å². The van der Waals surface area contributed by atoms with Crippen LogP contribution in [0.25, 0.3) is 0 Å². The van der Waals surface area contributed by atoms with Crippen LogP contribution in [0.4, 0.5) is 0 Å². The van der Waals surface area contributed by atoms with E-state index in [1.807, 2.05) is 0 Å². The fraction of sp³-hybridized carbons (Fsp3) is 0.800. The third-order valence-corrected chi connectivity index (χ3v) is 4.77. The van der Waals surface area contributed by atoms with Crippen molar-refractivity contribution in [1.82, 2.24) is 14.5 Å². The molecule has 0 amide bonds. The van der Waals surface area contributed by atoms with Crippen molar-refractivity contribution >= 4 is 0 Å². The number of rotatable bonds is 3. The number of nitrogens with two attached hydrogens (primary N) is 1. The van der Waals surface area contributed by atoms with Crippen molar-refractivity contribution in [1.29, 1.82) is 0 Å². The minimum atomic E-state index is 0.159. The normalized spacial score (nSPS) is 25.5. The van der Waals surface area contributed by atoms with Gasteiger partial charge in [0.1, 0.15) is 5.82 Å². The first-order valence-electron chi connectivity index (χ1n) is 7.81. The summed E-state index contributed by atoms with van der Waals surface area (Å²) >= 11 is 0. The van der Waals surface area contributed by atoms with Crippen LogP contribution in [0, 0.1) is 5.92 Å². The highest BCUT2D eigenvalue weighted by molar-refractivity contribution is 5.08. The van der Waals surface area contributed by atoms with Crippen molar-refractivity contribution in [2.75, 3.05) is 19.6 Å². The third-order valence-electron chi connectivity index (χ3n) is 4.77. The van der Waals surface area contributed by atoms with Crippen LogP contribution in [0.3, 0.4) is 0 Å². The Balaban J connectivity index is 1.61. The molecule has 3 rings (SSSR count). The molecule has 1 unspecified atom stereocenters. The quantitative estimate of drug-likeness (QED) is 0.905. The zero-order chi connectivity index (χ0) is 13.2. The molecule has 0 aromatic carbocycles. The minimum absolute atomic E-state index is 0.159. The maximum Gasteiger partial charge on any atom is 0.110 e. The molecule has 1 aromatic heterocycles. The van der Waals surface area contributed by atoms with Gasteiger partial charge in [-0.2, -0.15) is 0 Å². The van der Waals surface area contributed by atoms with Crippen LogP contribution in [-0.4, -0.2) is 34.1 Å². The molecule has 2 aliphatic rings.